The molecular formula is C21H18F2N2O2. The third-order valence-corrected chi connectivity index (χ3v) is 4.55. The van der Waals surface area contributed by atoms with Crippen LogP contribution in [0.4, 0.5) is 19.3 Å². The van der Waals surface area contributed by atoms with E-state index < -0.39 is 34.8 Å². The lowest BCUT2D eigenvalue weighted by Gasteiger charge is -2.38. The molecule has 0 bridgehead atoms. The summed E-state index contributed by atoms with van der Waals surface area (Å²) in [5, 5.41) is 2.64. The fraction of sp³-hybridized carbons (Fsp3) is 0.238. The topological polar surface area (TPSA) is 49.4 Å². The second-order valence-corrected chi connectivity index (χ2v) is 6.65. The average Bonchev–Trinajstić information content (AvgIpc) is 2.62. The van der Waals surface area contributed by atoms with E-state index in [2.05, 4.69) is 17.2 Å². The van der Waals surface area contributed by atoms with Crippen LogP contribution in [-0.2, 0) is 4.79 Å². The monoisotopic (exact) mass is 368 g/mol. The van der Waals surface area contributed by atoms with Crippen LogP contribution in [0.1, 0.15) is 37.8 Å². The molecule has 0 unspecified atom stereocenters. The number of halogens is 2. The molecule has 1 N–H and O–H groups in total. The van der Waals surface area contributed by atoms with Crippen molar-refractivity contribution in [1.29, 1.82) is 0 Å². The van der Waals surface area contributed by atoms with Gasteiger partial charge in [0.15, 0.2) is 11.6 Å². The van der Waals surface area contributed by atoms with Crippen molar-refractivity contribution in [2.24, 2.45) is 0 Å². The van der Waals surface area contributed by atoms with Crippen LogP contribution in [0.3, 0.4) is 0 Å². The lowest BCUT2D eigenvalue weighted by molar-refractivity contribution is -0.120. The van der Waals surface area contributed by atoms with Gasteiger partial charge in [0, 0.05) is 16.7 Å². The molecule has 0 spiro atoms. The van der Waals surface area contributed by atoms with Gasteiger partial charge < -0.3 is 5.32 Å². The van der Waals surface area contributed by atoms with Gasteiger partial charge in [-0.15, -0.1) is 0 Å². The molecule has 4 nitrogen and oxygen atoms in total. The van der Waals surface area contributed by atoms with Gasteiger partial charge in [-0.2, -0.15) is 0 Å². The van der Waals surface area contributed by atoms with Crippen LogP contribution >= 0.6 is 0 Å². The normalized spacial score (nSPS) is 19.3. The Morgan fingerprint density at radius 1 is 1.07 bits per heavy atom. The molecule has 0 aliphatic carbocycles. The standard InChI is InChI=1S/C21H18F2N2O2/c1-3-21(2)13-18(26)25(20(27)24-21)19-16(22)11-15(12-17(19)23)10-9-14-7-5-4-6-8-14/h4-8,11-12H,3,13H2,1-2H3,(H,24,27)/t21-/m0/s1. The van der Waals surface area contributed by atoms with Crippen LogP contribution in [0.25, 0.3) is 0 Å². The third-order valence-electron chi connectivity index (χ3n) is 4.55. The van der Waals surface area contributed by atoms with E-state index in [9.17, 15) is 18.4 Å². The van der Waals surface area contributed by atoms with E-state index in [0.29, 0.717) is 16.9 Å². The highest BCUT2D eigenvalue weighted by Gasteiger charge is 2.41. The summed E-state index contributed by atoms with van der Waals surface area (Å²) in [6.07, 6.45) is 0.487. The number of amides is 3. The number of carbonyl (C=O) groups excluding carboxylic acids is 2. The van der Waals surface area contributed by atoms with E-state index in [1.54, 1.807) is 31.2 Å². The molecule has 0 radical (unpaired) electrons. The van der Waals surface area contributed by atoms with Gasteiger partial charge in [0.1, 0.15) is 5.69 Å². The Kier molecular flexibility index (Phi) is 4.95. The maximum atomic E-state index is 14.6. The number of benzene rings is 2. The number of hydrogen-bond donors (Lipinski definition) is 1. The first-order valence-electron chi connectivity index (χ1n) is 8.54. The highest BCUT2D eigenvalue weighted by Crippen LogP contribution is 2.30. The number of nitrogens with one attached hydrogen (secondary N) is 1. The summed E-state index contributed by atoms with van der Waals surface area (Å²) in [5.41, 5.74) is -0.591. The zero-order valence-corrected chi connectivity index (χ0v) is 15.0. The number of carbonyl (C=O) groups is 2. The number of rotatable bonds is 2. The minimum Gasteiger partial charge on any atom is -0.332 e. The molecule has 138 valence electrons. The molecule has 3 amide bonds. The second-order valence-electron chi connectivity index (χ2n) is 6.65. The Labute approximate surface area is 156 Å². The van der Waals surface area contributed by atoms with Gasteiger partial charge in [-0.05, 0) is 37.6 Å². The van der Waals surface area contributed by atoms with Crippen molar-refractivity contribution in [1.82, 2.24) is 5.32 Å². The van der Waals surface area contributed by atoms with Crippen molar-refractivity contribution < 1.29 is 18.4 Å². The quantitative estimate of drug-likeness (QED) is 0.815. The van der Waals surface area contributed by atoms with Gasteiger partial charge in [0.2, 0.25) is 5.91 Å². The molecule has 27 heavy (non-hydrogen) atoms. The minimum absolute atomic E-state index is 0.0380. The zero-order chi connectivity index (χ0) is 19.6. The van der Waals surface area contributed by atoms with Gasteiger partial charge in [-0.3, -0.25) is 4.79 Å². The molecule has 0 saturated carbocycles. The molecule has 3 rings (SSSR count). The molecule has 2 aromatic rings. The van der Waals surface area contributed by atoms with E-state index >= 15 is 0 Å². The van der Waals surface area contributed by atoms with Crippen molar-refractivity contribution in [3.05, 3.63) is 65.2 Å². The van der Waals surface area contributed by atoms with Gasteiger partial charge in [-0.25, -0.2) is 18.5 Å². The molecular weight excluding hydrogens is 350 g/mol. The summed E-state index contributed by atoms with van der Waals surface area (Å²) in [5.74, 6) is 2.81. The van der Waals surface area contributed by atoms with Crippen LogP contribution in [0.5, 0.6) is 0 Å². The van der Waals surface area contributed by atoms with E-state index in [-0.39, 0.29) is 12.0 Å². The van der Waals surface area contributed by atoms with Gasteiger partial charge in [0.25, 0.3) is 0 Å². The Balaban J connectivity index is 1.93. The van der Waals surface area contributed by atoms with E-state index in [4.69, 9.17) is 0 Å². The van der Waals surface area contributed by atoms with E-state index in [1.807, 2.05) is 13.0 Å². The Morgan fingerprint density at radius 3 is 2.22 bits per heavy atom. The molecule has 2 aromatic carbocycles. The smallest absolute Gasteiger partial charge is 0.329 e. The molecule has 1 saturated heterocycles. The summed E-state index contributed by atoms with van der Waals surface area (Å²) < 4.78 is 29.1. The van der Waals surface area contributed by atoms with Crippen LogP contribution < -0.4 is 10.2 Å². The number of imide groups is 1. The van der Waals surface area contributed by atoms with Crippen molar-refractivity contribution in [2.45, 2.75) is 32.2 Å². The van der Waals surface area contributed by atoms with Crippen molar-refractivity contribution in [2.75, 3.05) is 4.90 Å². The molecule has 1 fully saturated rings. The average molecular weight is 368 g/mol. The Bertz CT molecular complexity index is 920. The second kappa shape index (κ2) is 7.20. The Hall–Kier alpha value is -3.20. The first-order chi connectivity index (χ1) is 12.8. The van der Waals surface area contributed by atoms with Gasteiger partial charge in [0.05, 0.1) is 6.42 Å². The number of nitrogens with zero attached hydrogens (tertiary/aromatic N) is 1. The summed E-state index contributed by atoms with van der Waals surface area (Å²) in [7, 11) is 0. The number of hydrogen-bond acceptors (Lipinski definition) is 2. The lowest BCUT2D eigenvalue weighted by Crippen LogP contribution is -2.61. The first-order valence-corrected chi connectivity index (χ1v) is 8.54. The van der Waals surface area contributed by atoms with Crippen molar-refractivity contribution in [3.63, 3.8) is 0 Å². The molecule has 1 aliphatic heterocycles. The summed E-state index contributed by atoms with van der Waals surface area (Å²) >= 11 is 0. The SMILES string of the molecule is CC[C@@]1(C)CC(=O)N(c2c(F)cc(C#Cc3ccccc3)cc2F)C(=O)N1. The summed E-state index contributed by atoms with van der Waals surface area (Å²) in [6, 6.07) is 10.2. The fourth-order valence-electron chi connectivity index (χ4n) is 2.84. The third kappa shape index (κ3) is 3.82. The van der Waals surface area contributed by atoms with Crippen LogP contribution in [0.2, 0.25) is 0 Å². The largest absolute Gasteiger partial charge is 0.332 e. The molecule has 1 aliphatic rings. The van der Waals surface area contributed by atoms with Crippen LogP contribution in [0.15, 0.2) is 42.5 Å². The van der Waals surface area contributed by atoms with Crippen LogP contribution in [-0.4, -0.2) is 17.5 Å². The maximum absolute atomic E-state index is 14.6. The van der Waals surface area contributed by atoms with Gasteiger partial charge >= 0.3 is 6.03 Å². The summed E-state index contributed by atoms with van der Waals surface area (Å²) in [4.78, 5) is 25.2. The molecule has 6 heteroatoms. The van der Waals surface area contributed by atoms with E-state index in [0.717, 1.165) is 12.1 Å². The minimum atomic E-state index is -1.02. The molecule has 0 aromatic heterocycles. The maximum Gasteiger partial charge on any atom is 0.329 e. The number of urea groups is 1. The van der Waals surface area contributed by atoms with E-state index in [1.165, 1.54) is 0 Å². The molecule has 1 heterocycles. The van der Waals surface area contributed by atoms with Crippen molar-refractivity contribution >= 4 is 17.6 Å². The van der Waals surface area contributed by atoms with Gasteiger partial charge in [-0.1, -0.05) is 37.0 Å². The zero-order valence-electron chi connectivity index (χ0n) is 15.0. The predicted octanol–water partition coefficient (Wildman–Crippen LogP) is 3.98. The highest BCUT2D eigenvalue weighted by atomic mass is 19.1. The van der Waals surface area contributed by atoms with Crippen LogP contribution in [0, 0.1) is 23.5 Å². The Morgan fingerprint density at radius 2 is 1.67 bits per heavy atom. The number of anilines is 1. The lowest BCUT2D eigenvalue weighted by atomic mass is 9.92. The highest BCUT2D eigenvalue weighted by molar-refractivity contribution is 6.16. The predicted molar refractivity (Wildman–Crippen MR) is 98.1 cm³/mol. The first kappa shape index (κ1) is 18.6. The summed E-state index contributed by atoms with van der Waals surface area (Å²) in [6.45, 7) is 3.54. The molecule has 1 atom stereocenters. The fourth-order valence-corrected chi connectivity index (χ4v) is 2.84. The van der Waals surface area contributed by atoms with Crippen molar-refractivity contribution in [3.8, 4) is 11.8 Å².